The predicted octanol–water partition coefficient (Wildman–Crippen LogP) is 2.49. The van der Waals surface area contributed by atoms with E-state index in [2.05, 4.69) is 0 Å². The van der Waals surface area contributed by atoms with Crippen molar-refractivity contribution in [1.29, 1.82) is 0 Å². The van der Waals surface area contributed by atoms with E-state index in [1.807, 2.05) is 6.92 Å². The normalized spacial score (nSPS) is 11.2. The smallest absolute Gasteiger partial charge is 0.225 e. The molecule has 0 aromatic carbocycles. The number of Topliss-reactive ketones (excluding diaryl/α,β-unsaturated/α-hetero) is 2. The van der Waals surface area contributed by atoms with Crippen LogP contribution in [0.5, 0.6) is 0 Å². The second kappa shape index (κ2) is 32.4. The Kier molecular flexibility index (Phi) is 31.2. The van der Waals surface area contributed by atoms with Crippen molar-refractivity contribution in [2.45, 2.75) is 59.3 Å². The number of hydrogen-bond acceptors (Lipinski definition) is 11. The Hall–Kier alpha value is -1.51. The number of amides is 1. The van der Waals surface area contributed by atoms with E-state index in [-0.39, 0.29) is 23.9 Å². The molecule has 0 spiro atoms. The number of nitrogens with zero attached hydrogens (tertiary/aromatic N) is 1. The Labute approximate surface area is 252 Å². The fourth-order valence-electron chi connectivity index (χ4n) is 3.48. The van der Waals surface area contributed by atoms with E-state index in [9.17, 15) is 14.4 Å². The van der Waals surface area contributed by atoms with Crippen molar-refractivity contribution in [2.24, 2.45) is 0 Å². The van der Waals surface area contributed by atoms with E-state index >= 15 is 0 Å². The summed E-state index contributed by atoms with van der Waals surface area (Å²) in [7, 11) is 0. The molecule has 0 unspecified atom stereocenters. The maximum Gasteiger partial charge on any atom is 0.225 e. The molecule has 0 rings (SSSR count). The Morgan fingerprint density at radius 2 is 0.810 bits per heavy atom. The number of unbranched alkanes of at least 4 members (excludes halogenated alkanes) is 1. The van der Waals surface area contributed by atoms with Crippen LogP contribution in [0.2, 0.25) is 0 Å². The lowest BCUT2D eigenvalue weighted by Crippen LogP contribution is -2.37. The first kappa shape index (κ1) is 40.5. The van der Waals surface area contributed by atoms with Crippen LogP contribution < -0.4 is 0 Å². The van der Waals surface area contributed by atoms with Gasteiger partial charge in [-0.1, -0.05) is 0 Å². The number of carbonyl (C=O) groups excluding carboxylic acids is 3. The van der Waals surface area contributed by atoms with Gasteiger partial charge in [0.05, 0.1) is 92.3 Å². The van der Waals surface area contributed by atoms with Gasteiger partial charge in [0.2, 0.25) is 5.91 Å². The van der Waals surface area contributed by atoms with Crippen LogP contribution >= 0.6 is 0 Å². The predicted molar refractivity (Wildman–Crippen MR) is 158 cm³/mol. The number of ether oxygens (including phenoxy) is 8. The van der Waals surface area contributed by atoms with Gasteiger partial charge in [-0.15, -0.1) is 0 Å². The molecule has 42 heavy (non-hydrogen) atoms. The lowest BCUT2D eigenvalue weighted by molar-refractivity contribution is -0.134. The average Bonchev–Trinajstić information content (AvgIpc) is 2.96. The van der Waals surface area contributed by atoms with E-state index in [0.717, 1.165) is 12.8 Å². The van der Waals surface area contributed by atoms with Crippen molar-refractivity contribution >= 4 is 17.5 Å². The van der Waals surface area contributed by atoms with Gasteiger partial charge in [-0.25, -0.2) is 0 Å². The van der Waals surface area contributed by atoms with Crippen molar-refractivity contribution in [1.82, 2.24) is 4.90 Å². The van der Waals surface area contributed by atoms with E-state index in [0.29, 0.717) is 138 Å². The third-order valence-corrected chi connectivity index (χ3v) is 5.77. The van der Waals surface area contributed by atoms with Crippen LogP contribution in [0.25, 0.3) is 0 Å². The van der Waals surface area contributed by atoms with E-state index in [4.69, 9.17) is 37.9 Å². The summed E-state index contributed by atoms with van der Waals surface area (Å²) in [5.74, 6) is 0.322. The Bertz CT molecular complexity index is 636. The molecule has 248 valence electrons. The maximum atomic E-state index is 12.8. The van der Waals surface area contributed by atoms with Gasteiger partial charge in [0.1, 0.15) is 11.6 Å². The van der Waals surface area contributed by atoms with Crippen LogP contribution in [0, 0.1) is 0 Å². The highest BCUT2D eigenvalue weighted by atomic mass is 16.6. The fraction of sp³-hybridized carbons (Fsp3) is 0.900. The van der Waals surface area contributed by atoms with Gasteiger partial charge in [-0.05, 0) is 40.0 Å². The molecule has 0 fully saturated rings. The second-order valence-electron chi connectivity index (χ2n) is 9.58. The number of rotatable bonds is 34. The molecule has 12 heteroatoms. The first-order valence-corrected chi connectivity index (χ1v) is 15.4. The third kappa shape index (κ3) is 31.4. The zero-order valence-corrected chi connectivity index (χ0v) is 26.4. The van der Waals surface area contributed by atoms with Crippen molar-refractivity contribution in [3.8, 4) is 0 Å². The molecule has 12 nitrogen and oxygen atoms in total. The molecule has 0 aromatic heterocycles. The summed E-state index contributed by atoms with van der Waals surface area (Å²) in [5, 5.41) is 0. The fourth-order valence-corrected chi connectivity index (χ4v) is 3.48. The Morgan fingerprint density at radius 3 is 1.29 bits per heavy atom. The van der Waals surface area contributed by atoms with E-state index in [1.54, 1.807) is 18.7 Å². The Balaban J connectivity index is 4.09. The number of hydrogen-bond donors (Lipinski definition) is 0. The standard InChI is InChI=1S/C30H57NO11/c1-4-35-18-19-41-26-27-42-25-22-38-15-10-30(34)31(12-17-40-24-21-37-14-7-9-29(3)33)11-16-39-23-20-36-13-6-5-8-28(2)32/h4-27H2,1-3H3. The number of ketones is 2. The van der Waals surface area contributed by atoms with Gasteiger partial charge < -0.3 is 52.4 Å². The summed E-state index contributed by atoms with van der Waals surface area (Å²) in [6.45, 7) is 13.6. The minimum Gasteiger partial charge on any atom is -0.379 e. The van der Waals surface area contributed by atoms with Crippen LogP contribution in [-0.4, -0.2) is 141 Å². The van der Waals surface area contributed by atoms with Gasteiger partial charge in [-0.2, -0.15) is 0 Å². The monoisotopic (exact) mass is 607 g/mol. The minimum absolute atomic E-state index is 0.0342. The molecule has 0 bridgehead atoms. The topological polar surface area (TPSA) is 128 Å². The van der Waals surface area contributed by atoms with Gasteiger partial charge in [0, 0.05) is 45.8 Å². The summed E-state index contributed by atoms with van der Waals surface area (Å²) < 4.78 is 43.9. The largest absolute Gasteiger partial charge is 0.379 e. The van der Waals surface area contributed by atoms with Gasteiger partial charge >= 0.3 is 0 Å². The van der Waals surface area contributed by atoms with E-state index in [1.165, 1.54) is 0 Å². The summed E-state index contributed by atoms with van der Waals surface area (Å²) in [6.07, 6.45) is 3.76. The van der Waals surface area contributed by atoms with Crippen molar-refractivity contribution in [3.63, 3.8) is 0 Å². The maximum absolute atomic E-state index is 12.8. The lowest BCUT2D eigenvalue weighted by Gasteiger charge is -2.23. The van der Waals surface area contributed by atoms with Crippen LogP contribution in [0.15, 0.2) is 0 Å². The summed E-state index contributed by atoms with van der Waals surface area (Å²) in [6, 6.07) is 0. The molecule has 0 aliphatic rings. The first-order chi connectivity index (χ1) is 20.5. The molecule has 0 saturated heterocycles. The minimum atomic E-state index is -0.0342. The molecular formula is C30H57NO11. The van der Waals surface area contributed by atoms with Gasteiger partial charge in [-0.3, -0.25) is 4.79 Å². The van der Waals surface area contributed by atoms with Crippen LogP contribution in [-0.2, 0) is 52.3 Å². The highest BCUT2D eigenvalue weighted by Gasteiger charge is 2.13. The number of carbonyl (C=O) groups is 3. The molecule has 1 amide bonds. The molecule has 0 aromatic rings. The van der Waals surface area contributed by atoms with Crippen LogP contribution in [0.1, 0.15) is 59.3 Å². The SMILES string of the molecule is CCOCCOCCOCCOCCC(=O)N(CCOCCOCCCCC(C)=O)CCOCCOCCCC(C)=O. The molecule has 0 N–H and O–H groups in total. The first-order valence-electron chi connectivity index (χ1n) is 15.4. The van der Waals surface area contributed by atoms with Crippen molar-refractivity contribution < 1.29 is 52.3 Å². The summed E-state index contributed by atoms with van der Waals surface area (Å²) >= 11 is 0. The molecule has 0 atom stereocenters. The zero-order valence-electron chi connectivity index (χ0n) is 26.4. The Morgan fingerprint density at radius 1 is 0.429 bits per heavy atom. The molecule has 0 saturated carbocycles. The summed E-state index contributed by atoms with van der Waals surface area (Å²) in [4.78, 5) is 36.4. The molecule has 0 aliphatic carbocycles. The highest BCUT2D eigenvalue weighted by molar-refractivity contribution is 5.76. The van der Waals surface area contributed by atoms with Gasteiger partial charge in [0.25, 0.3) is 0 Å². The van der Waals surface area contributed by atoms with Crippen molar-refractivity contribution in [3.05, 3.63) is 0 Å². The second-order valence-corrected chi connectivity index (χ2v) is 9.58. The molecule has 0 radical (unpaired) electrons. The van der Waals surface area contributed by atoms with Crippen molar-refractivity contribution in [2.75, 3.05) is 119 Å². The third-order valence-electron chi connectivity index (χ3n) is 5.77. The quantitative estimate of drug-likeness (QED) is 0.100. The lowest BCUT2D eigenvalue weighted by atomic mass is 10.2. The van der Waals surface area contributed by atoms with Crippen LogP contribution in [0.4, 0.5) is 0 Å². The average molecular weight is 608 g/mol. The molecular weight excluding hydrogens is 550 g/mol. The molecule has 0 aliphatic heterocycles. The van der Waals surface area contributed by atoms with Crippen LogP contribution in [0.3, 0.4) is 0 Å². The van der Waals surface area contributed by atoms with Gasteiger partial charge in [0.15, 0.2) is 0 Å². The highest BCUT2D eigenvalue weighted by Crippen LogP contribution is 1.99. The zero-order chi connectivity index (χ0) is 30.9. The summed E-state index contributed by atoms with van der Waals surface area (Å²) in [5.41, 5.74) is 0. The molecule has 0 heterocycles. The van der Waals surface area contributed by atoms with E-state index < -0.39 is 0 Å².